The highest BCUT2D eigenvalue weighted by molar-refractivity contribution is 7.68. The van der Waals surface area contributed by atoms with Crippen molar-refractivity contribution in [2.75, 3.05) is 7.11 Å². The molecule has 32 heavy (non-hydrogen) atoms. The van der Waals surface area contributed by atoms with Crippen molar-refractivity contribution in [2.45, 2.75) is 51.2 Å². The van der Waals surface area contributed by atoms with Crippen LogP contribution in [0.5, 0.6) is 5.75 Å². The summed E-state index contributed by atoms with van der Waals surface area (Å²) in [6.07, 6.45) is 0. The summed E-state index contributed by atoms with van der Waals surface area (Å²) in [5.74, 6) is 1.01. The Balaban J connectivity index is 1.87. The Morgan fingerprint density at radius 1 is 0.781 bits per heavy atom. The lowest BCUT2D eigenvalue weighted by atomic mass is 9.92. The zero-order valence-electron chi connectivity index (χ0n) is 19.8. The zero-order valence-corrected chi connectivity index (χ0v) is 20.7. The van der Waals surface area contributed by atoms with Crippen molar-refractivity contribution in [1.82, 2.24) is 0 Å². The van der Waals surface area contributed by atoms with E-state index in [0.717, 1.165) is 5.75 Å². The van der Waals surface area contributed by atoms with Gasteiger partial charge in [-0.25, -0.2) is 0 Å². The molecule has 0 bridgehead atoms. The molecular weight excluding hydrogens is 411 g/mol. The van der Waals surface area contributed by atoms with Crippen LogP contribution in [0.25, 0.3) is 32.7 Å². The molecule has 1 aliphatic rings. The van der Waals surface area contributed by atoms with E-state index < -0.39 is 7.92 Å². The van der Waals surface area contributed by atoms with E-state index in [1.807, 2.05) is 0 Å². The molecule has 1 heterocycles. The molecule has 0 unspecified atom stereocenters. The maximum Gasteiger partial charge on any atom is 0.150 e. The summed E-state index contributed by atoms with van der Waals surface area (Å²) in [6.45, 7) is 11.3. The largest absolute Gasteiger partial charge is 0.482 e. The van der Waals surface area contributed by atoms with Crippen LogP contribution in [0.15, 0.2) is 72.8 Å². The van der Waals surface area contributed by atoms with Gasteiger partial charge in [-0.2, -0.15) is 0 Å². The normalized spacial score (nSPS) is 18.7. The van der Waals surface area contributed by atoms with Crippen LogP contribution in [0.4, 0.5) is 0 Å². The van der Waals surface area contributed by atoms with E-state index in [0.29, 0.717) is 0 Å². The highest BCUT2D eigenvalue weighted by Gasteiger charge is 2.50. The van der Waals surface area contributed by atoms with Crippen LogP contribution < -0.4 is 10.0 Å². The number of fused-ring (bicyclic) bond motifs is 3. The lowest BCUT2D eigenvalue weighted by molar-refractivity contribution is -0.0296. The molecule has 0 saturated heterocycles. The Bertz CT molecular complexity index is 1260. The van der Waals surface area contributed by atoms with Gasteiger partial charge in [0.2, 0.25) is 0 Å². The van der Waals surface area contributed by atoms with Crippen LogP contribution >= 0.6 is 7.92 Å². The number of methoxy groups -OCH3 is 1. The van der Waals surface area contributed by atoms with E-state index >= 15 is 0 Å². The van der Waals surface area contributed by atoms with Crippen LogP contribution in [0.2, 0.25) is 0 Å². The molecule has 3 heteroatoms. The van der Waals surface area contributed by atoms with Crippen molar-refractivity contribution in [3.05, 3.63) is 72.8 Å². The summed E-state index contributed by atoms with van der Waals surface area (Å²) in [4.78, 5) is 0. The number of ether oxygens (including phenoxy) is 2. The Hall–Kier alpha value is -2.41. The van der Waals surface area contributed by atoms with E-state index in [2.05, 4.69) is 107 Å². The summed E-state index contributed by atoms with van der Waals surface area (Å²) in [7, 11) is 1.13. The Morgan fingerprint density at radius 3 is 1.94 bits per heavy atom. The molecule has 0 spiro atoms. The quantitative estimate of drug-likeness (QED) is 0.239. The minimum Gasteiger partial charge on any atom is -0.482 e. The minimum atomic E-state index is -0.662. The van der Waals surface area contributed by atoms with Crippen molar-refractivity contribution in [2.24, 2.45) is 0 Å². The average Bonchev–Trinajstić information content (AvgIpc) is 3.19. The highest BCUT2D eigenvalue weighted by atomic mass is 31.1. The first-order valence-electron chi connectivity index (χ1n) is 11.3. The van der Waals surface area contributed by atoms with E-state index in [1.165, 1.54) is 38.0 Å². The monoisotopic (exact) mass is 442 g/mol. The fraction of sp³-hybridized carbons (Fsp3) is 0.310. The first kappa shape index (κ1) is 21.4. The molecule has 164 valence electrons. The predicted octanol–water partition coefficient (Wildman–Crippen LogP) is 7.71. The van der Waals surface area contributed by atoms with Gasteiger partial charge in [-0.1, -0.05) is 81.4 Å². The molecule has 4 aromatic carbocycles. The second-order valence-corrected chi connectivity index (χ2v) is 13.2. The van der Waals surface area contributed by atoms with E-state index in [9.17, 15) is 0 Å². The summed E-state index contributed by atoms with van der Waals surface area (Å²) in [5, 5.41) is 6.55. The molecule has 0 N–H and O–H groups in total. The SMILES string of the molecule is COC(C)(C)[C@@H]1Oc2cccc(-c3c4ccccc4cc4ccccc34)c2[P@]1C(C)(C)C. The molecule has 0 aromatic heterocycles. The van der Waals surface area contributed by atoms with Gasteiger partial charge in [0.25, 0.3) is 0 Å². The van der Waals surface area contributed by atoms with Crippen molar-refractivity contribution in [3.8, 4) is 16.9 Å². The van der Waals surface area contributed by atoms with E-state index in [4.69, 9.17) is 9.47 Å². The molecule has 5 rings (SSSR count). The lowest BCUT2D eigenvalue weighted by Crippen LogP contribution is -2.42. The van der Waals surface area contributed by atoms with Crippen LogP contribution in [-0.2, 0) is 4.74 Å². The van der Waals surface area contributed by atoms with Crippen molar-refractivity contribution in [1.29, 1.82) is 0 Å². The second-order valence-electron chi connectivity index (χ2n) is 10.2. The first-order chi connectivity index (χ1) is 15.2. The third-order valence-corrected chi connectivity index (χ3v) is 10.2. The fourth-order valence-corrected chi connectivity index (χ4v) is 8.27. The van der Waals surface area contributed by atoms with Crippen molar-refractivity contribution < 1.29 is 9.47 Å². The van der Waals surface area contributed by atoms with Crippen LogP contribution in [0.1, 0.15) is 34.6 Å². The van der Waals surface area contributed by atoms with Gasteiger partial charge in [0, 0.05) is 12.4 Å². The summed E-state index contributed by atoms with van der Waals surface area (Å²) in [5.41, 5.74) is 2.23. The Labute approximate surface area is 192 Å². The van der Waals surface area contributed by atoms with Gasteiger partial charge in [-0.05, 0) is 71.7 Å². The lowest BCUT2D eigenvalue weighted by Gasteiger charge is -2.39. The molecule has 0 aliphatic carbocycles. The minimum absolute atomic E-state index is 0.000101. The summed E-state index contributed by atoms with van der Waals surface area (Å²) in [6, 6.07) is 26.3. The van der Waals surface area contributed by atoms with E-state index in [-0.39, 0.29) is 16.6 Å². The smallest absolute Gasteiger partial charge is 0.150 e. The standard InChI is InChI=1S/C29H31O2P/c1-28(2,3)32-26-23(16-11-17-24(26)31-27(32)29(4,5)30-6)25-21-14-9-7-12-19(21)18-20-13-8-10-15-22(20)25/h7-18,27H,1-6H3/t27-,32+/m1/s1. The maximum absolute atomic E-state index is 6.69. The zero-order chi connectivity index (χ0) is 22.7. The summed E-state index contributed by atoms with van der Waals surface area (Å²) < 4.78 is 12.6. The van der Waals surface area contributed by atoms with Gasteiger partial charge in [0.05, 0.1) is 0 Å². The number of benzene rings is 4. The molecule has 0 amide bonds. The van der Waals surface area contributed by atoms with Crippen LogP contribution in [0.3, 0.4) is 0 Å². The van der Waals surface area contributed by atoms with Crippen LogP contribution in [0, 0.1) is 0 Å². The highest BCUT2D eigenvalue weighted by Crippen LogP contribution is 2.63. The molecule has 0 saturated carbocycles. The second kappa shape index (κ2) is 7.58. The maximum atomic E-state index is 6.69. The number of rotatable bonds is 3. The molecule has 0 fully saturated rings. The van der Waals surface area contributed by atoms with Gasteiger partial charge < -0.3 is 9.47 Å². The predicted molar refractivity (Wildman–Crippen MR) is 139 cm³/mol. The topological polar surface area (TPSA) is 18.5 Å². The first-order valence-corrected chi connectivity index (χ1v) is 12.7. The fourth-order valence-electron chi connectivity index (χ4n) is 4.90. The molecule has 2 nitrogen and oxygen atoms in total. The van der Waals surface area contributed by atoms with Gasteiger partial charge in [0.15, 0.2) is 0 Å². The Kier molecular flexibility index (Phi) is 5.08. The van der Waals surface area contributed by atoms with Gasteiger partial charge in [0.1, 0.15) is 17.2 Å². The third kappa shape index (κ3) is 3.33. The average molecular weight is 443 g/mol. The number of hydrogen-bond donors (Lipinski definition) is 0. The van der Waals surface area contributed by atoms with Crippen molar-refractivity contribution in [3.63, 3.8) is 0 Å². The van der Waals surface area contributed by atoms with Gasteiger partial charge >= 0.3 is 0 Å². The molecule has 1 aliphatic heterocycles. The van der Waals surface area contributed by atoms with Crippen molar-refractivity contribution >= 4 is 34.8 Å². The van der Waals surface area contributed by atoms with Gasteiger partial charge in [-0.15, -0.1) is 0 Å². The summed E-state index contributed by atoms with van der Waals surface area (Å²) >= 11 is 0. The van der Waals surface area contributed by atoms with E-state index in [1.54, 1.807) is 7.11 Å². The molecule has 2 atom stereocenters. The third-order valence-electron chi connectivity index (χ3n) is 6.60. The molecule has 4 aromatic rings. The van der Waals surface area contributed by atoms with Gasteiger partial charge in [-0.3, -0.25) is 0 Å². The van der Waals surface area contributed by atoms with Crippen LogP contribution in [-0.4, -0.2) is 23.7 Å². The molecular formula is C29H31O2P. The Morgan fingerprint density at radius 2 is 1.38 bits per heavy atom. The molecule has 0 radical (unpaired) electrons. The number of hydrogen-bond acceptors (Lipinski definition) is 2.